The van der Waals surface area contributed by atoms with Crippen LogP contribution in [0.2, 0.25) is 0 Å². The highest BCUT2D eigenvalue weighted by Gasteiger charge is 2.18. The molecule has 1 N–H and O–H groups in total. The van der Waals surface area contributed by atoms with E-state index in [1.807, 2.05) is 0 Å². The number of aliphatic hydroxyl groups excluding tert-OH is 1. The summed E-state index contributed by atoms with van der Waals surface area (Å²) in [5.41, 5.74) is 0.348. The first-order valence-corrected chi connectivity index (χ1v) is 5.07. The van der Waals surface area contributed by atoms with E-state index >= 15 is 0 Å². The average Bonchev–Trinajstić information content (AvgIpc) is 2.16. The third-order valence-corrected chi connectivity index (χ3v) is 2.87. The topological polar surface area (TPSA) is 63.4 Å². The maximum absolute atomic E-state index is 10.5. The van der Waals surface area contributed by atoms with Gasteiger partial charge in [0.1, 0.15) is 4.47 Å². The molecule has 4 nitrogen and oxygen atoms in total. The molecule has 0 aliphatic rings. The predicted molar refractivity (Wildman–Crippen MR) is 56.5 cm³/mol. The van der Waals surface area contributed by atoms with E-state index in [1.165, 1.54) is 12.1 Å². The minimum Gasteiger partial charge on any atom is -0.387 e. The Hall–Kier alpha value is -0.650. The summed E-state index contributed by atoms with van der Waals surface area (Å²) in [5.74, 6) is -0.000231. The molecule has 14 heavy (non-hydrogen) atoms. The molecule has 0 saturated heterocycles. The molecule has 0 heterocycles. The Bertz CT molecular complexity index is 358. The Labute approximate surface area is 93.8 Å². The van der Waals surface area contributed by atoms with Gasteiger partial charge in [-0.2, -0.15) is 0 Å². The number of aliphatic hydroxyl groups is 1. The molecule has 76 valence electrons. The van der Waals surface area contributed by atoms with Crippen LogP contribution in [-0.2, 0) is 0 Å². The fraction of sp³-hybridized carbons (Fsp3) is 0.250. The van der Waals surface area contributed by atoms with Crippen molar-refractivity contribution in [2.75, 3.05) is 5.88 Å². The third-order valence-electron chi connectivity index (χ3n) is 1.71. The van der Waals surface area contributed by atoms with Crippen LogP contribution >= 0.6 is 27.5 Å². The van der Waals surface area contributed by atoms with E-state index in [2.05, 4.69) is 15.9 Å². The standard InChI is InChI=1S/C8H7BrClNO3/c9-8-5(7(12)4-10)2-1-3-6(8)11(13)14/h1-3,7,12H,4H2. The van der Waals surface area contributed by atoms with Gasteiger partial charge >= 0.3 is 0 Å². The van der Waals surface area contributed by atoms with E-state index < -0.39 is 11.0 Å². The van der Waals surface area contributed by atoms with Crippen molar-refractivity contribution < 1.29 is 10.0 Å². The zero-order chi connectivity index (χ0) is 10.7. The summed E-state index contributed by atoms with van der Waals surface area (Å²) in [7, 11) is 0. The summed E-state index contributed by atoms with van der Waals surface area (Å²) in [6.45, 7) is 0. The summed E-state index contributed by atoms with van der Waals surface area (Å²) in [6.07, 6.45) is -0.897. The fourth-order valence-corrected chi connectivity index (χ4v) is 1.86. The van der Waals surface area contributed by atoms with Crippen LogP contribution in [0.4, 0.5) is 5.69 Å². The van der Waals surface area contributed by atoms with Crippen LogP contribution in [0.15, 0.2) is 22.7 Å². The quantitative estimate of drug-likeness (QED) is 0.526. The lowest BCUT2D eigenvalue weighted by molar-refractivity contribution is -0.385. The molecular formula is C8H7BrClNO3. The smallest absolute Gasteiger partial charge is 0.283 e. The Morgan fingerprint density at radius 1 is 1.64 bits per heavy atom. The Kier molecular flexibility index (Phi) is 3.86. The van der Waals surface area contributed by atoms with Gasteiger partial charge in [0.05, 0.1) is 16.9 Å². The van der Waals surface area contributed by atoms with E-state index in [-0.39, 0.29) is 16.0 Å². The summed E-state index contributed by atoms with van der Waals surface area (Å²) in [4.78, 5) is 10.0. The van der Waals surface area contributed by atoms with Crippen molar-refractivity contribution in [1.82, 2.24) is 0 Å². The minimum absolute atomic E-state index is 0.000231. The van der Waals surface area contributed by atoms with Crippen molar-refractivity contribution in [3.8, 4) is 0 Å². The SMILES string of the molecule is O=[N+]([O-])c1cccc(C(O)CCl)c1Br. The average molecular weight is 281 g/mol. The highest BCUT2D eigenvalue weighted by molar-refractivity contribution is 9.10. The number of rotatable bonds is 3. The lowest BCUT2D eigenvalue weighted by atomic mass is 10.1. The number of benzene rings is 1. The van der Waals surface area contributed by atoms with Crippen LogP contribution in [-0.4, -0.2) is 15.9 Å². The first kappa shape index (κ1) is 11.4. The van der Waals surface area contributed by atoms with Crippen LogP contribution in [0.3, 0.4) is 0 Å². The molecule has 0 aromatic heterocycles. The zero-order valence-corrected chi connectivity index (χ0v) is 9.33. The molecule has 0 amide bonds. The summed E-state index contributed by atoms with van der Waals surface area (Å²) >= 11 is 8.51. The van der Waals surface area contributed by atoms with Gasteiger partial charge in [0.15, 0.2) is 0 Å². The van der Waals surface area contributed by atoms with Gasteiger partial charge in [-0.25, -0.2) is 0 Å². The van der Waals surface area contributed by atoms with Crippen LogP contribution in [0.25, 0.3) is 0 Å². The molecule has 1 rings (SSSR count). The molecule has 0 spiro atoms. The van der Waals surface area contributed by atoms with Crippen molar-refractivity contribution in [2.24, 2.45) is 0 Å². The number of hydrogen-bond acceptors (Lipinski definition) is 3. The van der Waals surface area contributed by atoms with Crippen LogP contribution < -0.4 is 0 Å². The van der Waals surface area contributed by atoms with Gasteiger partial charge in [-0.15, -0.1) is 11.6 Å². The van der Waals surface area contributed by atoms with Crippen molar-refractivity contribution >= 4 is 33.2 Å². The van der Waals surface area contributed by atoms with Gasteiger partial charge in [0, 0.05) is 11.6 Å². The first-order valence-electron chi connectivity index (χ1n) is 3.74. The van der Waals surface area contributed by atoms with Crippen LogP contribution in [0, 0.1) is 10.1 Å². The number of hydrogen-bond donors (Lipinski definition) is 1. The molecule has 0 fully saturated rings. The number of alkyl halides is 1. The van der Waals surface area contributed by atoms with Crippen LogP contribution in [0.1, 0.15) is 11.7 Å². The highest BCUT2D eigenvalue weighted by atomic mass is 79.9. The van der Waals surface area contributed by atoms with Crippen molar-refractivity contribution in [1.29, 1.82) is 0 Å². The van der Waals surface area contributed by atoms with E-state index in [0.717, 1.165) is 0 Å². The Morgan fingerprint density at radius 3 is 2.79 bits per heavy atom. The van der Waals surface area contributed by atoms with Crippen LogP contribution in [0.5, 0.6) is 0 Å². The molecule has 1 atom stereocenters. The molecule has 0 aliphatic heterocycles. The van der Waals surface area contributed by atoms with Gasteiger partial charge in [0.2, 0.25) is 0 Å². The lowest BCUT2D eigenvalue weighted by Crippen LogP contribution is -2.01. The summed E-state index contributed by atoms with van der Waals surface area (Å²) < 4.78 is 0.276. The summed E-state index contributed by atoms with van der Waals surface area (Å²) in [5, 5.41) is 20.0. The number of halogens is 2. The second-order valence-electron chi connectivity index (χ2n) is 2.61. The van der Waals surface area contributed by atoms with Gasteiger partial charge in [-0.05, 0) is 15.9 Å². The molecule has 1 unspecified atom stereocenters. The maximum Gasteiger partial charge on any atom is 0.283 e. The lowest BCUT2D eigenvalue weighted by Gasteiger charge is -2.08. The molecule has 0 radical (unpaired) electrons. The summed E-state index contributed by atoms with van der Waals surface area (Å²) in [6, 6.07) is 4.45. The molecule has 0 bridgehead atoms. The van der Waals surface area contributed by atoms with Crippen molar-refractivity contribution in [3.63, 3.8) is 0 Å². The normalized spacial score (nSPS) is 12.5. The Balaban J connectivity index is 3.20. The van der Waals surface area contributed by atoms with E-state index in [4.69, 9.17) is 11.6 Å². The zero-order valence-electron chi connectivity index (χ0n) is 6.98. The molecular weight excluding hydrogens is 273 g/mol. The second kappa shape index (κ2) is 4.72. The monoisotopic (exact) mass is 279 g/mol. The number of nitro benzene ring substituents is 1. The second-order valence-corrected chi connectivity index (χ2v) is 3.71. The predicted octanol–water partition coefficient (Wildman–Crippen LogP) is 2.63. The van der Waals surface area contributed by atoms with Crippen molar-refractivity contribution in [3.05, 3.63) is 38.3 Å². The van der Waals surface area contributed by atoms with E-state index in [9.17, 15) is 15.2 Å². The molecule has 6 heteroatoms. The van der Waals surface area contributed by atoms with Gasteiger partial charge in [0.25, 0.3) is 5.69 Å². The largest absolute Gasteiger partial charge is 0.387 e. The fourth-order valence-electron chi connectivity index (χ4n) is 1.02. The molecule has 1 aromatic rings. The van der Waals surface area contributed by atoms with Gasteiger partial charge in [-0.1, -0.05) is 12.1 Å². The molecule has 0 aliphatic carbocycles. The highest BCUT2D eigenvalue weighted by Crippen LogP contribution is 2.32. The third kappa shape index (κ3) is 2.23. The molecule has 1 aromatic carbocycles. The number of nitrogens with zero attached hydrogens (tertiary/aromatic N) is 1. The maximum atomic E-state index is 10.5. The van der Waals surface area contributed by atoms with E-state index in [1.54, 1.807) is 6.07 Å². The molecule has 0 saturated carbocycles. The number of nitro groups is 1. The first-order chi connectivity index (χ1) is 6.57. The Morgan fingerprint density at radius 2 is 2.29 bits per heavy atom. The van der Waals surface area contributed by atoms with Gasteiger partial charge in [-0.3, -0.25) is 10.1 Å². The van der Waals surface area contributed by atoms with E-state index in [0.29, 0.717) is 5.56 Å². The minimum atomic E-state index is -0.897. The van der Waals surface area contributed by atoms with Crippen molar-refractivity contribution in [2.45, 2.75) is 6.10 Å². The van der Waals surface area contributed by atoms with Gasteiger partial charge < -0.3 is 5.11 Å².